The first-order chi connectivity index (χ1) is 9.86. The molecule has 1 saturated heterocycles. The first-order valence-electron chi connectivity index (χ1n) is 6.10. The molecule has 2 bridgehead atoms. The van der Waals surface area contributed by atoms with E-state index in [1.165, 1.54) is 7.11 Å². The van der Waals surface area contributed by atoms with Gasteiger partial charge >= 0.3 is 22.3 Å². The van der Waals surface area contributed by atoms with Crippen molar-refractivity contribution < 1.29 is 27.3 Å². The number of fused-ring (bicyclic) bond motifs is 4. The summed E-state index contributed by atoms with van der Waals surface area (Å²) in [4.78, 5) is 25.3. The maximum atomic E-state index is 12.2. The van der Waals surface area contributed by atoms with Crippen LogP contribution in [0.4, 0.5) is 4.79 Å². The van der Waals surface area contributed by atoms with Crippen LogP contribution in [-0.4, -0.2) is 47.8 Å². The van der Waals surface area contributed by atoms with Gasteiger partial charge in [-0.25, -0.2) is 9.59 Å². The zero-order chi connectivity index (χ0) is 15.4. The minimum atomic E-state index is -4.71. The summed E-state index contributed by atoms with van der Waals surface area (Å²) in [5.74, 6) is -0.661. The lowest BCUT2D eigenvalue weighted by molar-refractivity contribution is -0.146. The molecule has 2 atom stereocenters. The number of nitrogens with zero attached hydrogens (tertiary/aromatic N) is 2. The highest BCUT2D eigenvalue weighted by atomic mass is 32.2. The number of hydrogen-bond acceptors (Lipinski definition) is 5. The van der Waals surface area contributed by atoms with Crippen LogP contribution < -0.4 is 0 Å². The third-order valence-electron chi connectivity index (χ3n) is 3.72. The lowest BCUT2D eigenvalue weighted by atomic mass is 9.91. The molecule has 1 N–H and O–H groups in total. The van der Waals surface area contributed by atoms with Gasteiger partial charge in [-0.3, -0.25) is 4.55 Å². The first kappa shape index (κ1) is 13.8. The summed E-state index contributed by atoms with van der Waals surface area (Å²) < 4.78 is 37.3. The molecule has 0 unspecified atom stereocenters. The molecule has 2 aliphatic rings. The van der Waals surface area contributed by atoms with E-state index in [2.05, 4.69) is 0 Å². The van der Waals surface area contributed by atoms with Gasteiger partial charge in [-0.2, -0.15) is 12.7 Å². The summed E-state index contributed by atoms with van der Waals surface area (Å²) in [6.07, 6.45) is 0. The zero-order valence-electron chi connectivity index (χ0n) is 11.0. The molecule has 1 fully saturated rings. The van der Waals surface area contributed by atoms with E-state index in [0.29, 0.717) is 15.4 Å². The van der Waals surface area contributed by atoms with E-state index in [1.807, 2.05) is 0 Å². The highest BCUT2D eigenvalue weighted by molar-refractivity contribution is 7.84. The van der Waals surface area contributed by atoms with Gasteiger partial charge in [-0.05, 0) is 11.1 Å². The number of methoxy groups -OCH3 is 1. The molecule has 112 valence electrons. The first-order valence-corrected chi connectivity index (χ1v) is 7.50. The standard InChI is InChI=1S/C12H12N2O6S/c1-20-11(15)10-8-5-3-2-4-7(8)9-6-13(10)12(16)14(9)21(17,18)19/h2-5,9-10H,6H2,1H3,(H,17,18,19)/t9-,10-/m1/s1. The summed E-state index contributed by atoms with van der Waals surface area (Å²) in [6.45, 7) is -0.00456. The van der Waals surface area contributed by atoms with Crippen LogP contribution in [0.5, 0.6) is 0 Å². The number of carbonyl (C=O) groups excluding carboxylic acids is 2. The molecule has 0 radical (unpaired) electrons. The maximum absolute atomic E-state index is 12.2. The Morgan fingerprint density at radius 2 is 1.95 bits per heavy atom. The van der Waals surface area contributed by atoms with Gasteiger partial charge in [-0.15, -0.1) is 0 Å². The Kier molecular flexibility index (Phi) is 2.92. The minimum Gasteiger partial charge on any atom is -0.467 e. The van der Waals surface area contributed by atoms with Crippen molar-refractivity contribution in [1.82, 2.24) is 9.21 Å². The summed E-state index contributed by atoms with van der Waals surface area (Å²) >= 11 is 0. The Balaban J connectivity index is 2.21. The summed E-state index contributed by atoms with van der Waals surface area (Å²) in [6, 6.07) is 3.83. The molecule has 21 heavy (non-hydrogen) atoms. The summed E-state index contributed by atoms with van der Waals surface area (Å²) in [5.41, 5.74) is 1.01. The van der Waals surface area contributed by atoms with Crippen molar-refractivity contribution in [2.45, 2.75) is 12.1 Å². The van der Waals surface area contributed by atoms with Gasteiger partial charge in [0.25, 0.3) is 0 Å². The fraction of sp³-hybridized carbons (Fsp3) is 0.333. The van der Waals surface area contributed by atoms with E-state index in [-0.39, 0.29) is 6.54 Å². The lowest BCUT2D eigenvalue weighted by Crippen LogP contribution is -2.39. The van der Waals surface area contributed by atoms with Crippen molar-refractivity contribution in [2.75, 3.05) is 13.7 Å². The third-order valence-corrected chi connectivity index (χ3v) is 4.63. The average molecular weight is 312 g/mol. The van der Waals surface area contributed by atoms with E-state index in [1.54, 1.807) is 24.3 Å². The number of amides is 2. The van der Waals surface area contributed by atoms with Crippen molar-refractivity contribution in [3.8, 4) is 0 Å². The fourth-order valence-corrected chi connectivity index (χ4v) is 3.70. The molecule has 1 aromatic carbocycles. The van der Waals surface area contributed by atoms with Crippen molar-refractivity contribution in [2.24, 2.45) is 0 Å². The van der Waals surface area contributed by atoms with Crippen LogP contribution in [0.15, 0.2) is 24.3 Å². The smallest absolute Gasteiger partial charge is 0.364 e. The van der Waals surface area contributed by atoms with Gasteiger partial charge in [0, 0.05) is 6.54 Å². The molecule has 2 aliphatic heterocycles. The maximum Gasteiger partial charge on any atom is 0.364 e. The molecule has 0 aromatic heterocycles. The number of rotatable bonds is 2. The molecule has 1 aromatic rings. The van der Waals surface area contributed by atoms with E-state index in [9.17, 15) is 22.6 Å². The van der Waals surface area contributed by atoms with Crippen LogP contribution in [0, 0.1) is 0 Å². The Bertz CT molecular complexity index is 731. The predicted molar refractivity (Wildman–Crippen MR) is 69.4 cm³/mol. The molecule has 2 heterocycles. The monoisotopic (exact) mass is 312 g/mol. The van der Waals surface area contributed by atoms with Crippen LogP contribution in [0.3, 0.4) is 0 Å². The zero-order valence-corrected chi connectivity index (χ0v) is 11.8. The summed E-state index contributed by atoms with van der Waals surface area (Å²) in [5, 5.41) is 0. The van der Waals surface area contributed by atoms with Crippen LogP contribution in [-0.2, 0) is 19.8 Å². The van der Waals surface area contributed by atoms with Crippen LogP contribution in [0.1, 0.15) is 23.2 Å². The van der Waals surface area contributed by atoms with Crippen molar-refractivity contribution in [1.29, 1.82) is 0 Å². The highest BCUT2D eigenvalue weighted by Gasteiger charge is 2.54. The second kappa shape index (κ2) is 4.43. The topological polar surface area (TPSA) is 104 Å². The van der Waals surface area contributed by atoms with Gasteiger partial charge in [-0.1, -0.05) is 24.3 Å². The number of benzene rings is 1. The Morgan fingerprint density at radius 1 is 1.33 bits per heavy atom. The fourth-order valence-electron chi connectivity index (χ4n) is 2.90. The van der Waals surface area contributed by atoms with Gasteiger partial charge in [0.05, 0.1) is 13.2 Å². The van der Waals surface area contributed by atoms with Crippen LogP contribution >= 0.6 is 0 Å². The lowest BCUT2D eigenvalue weighted by Gasteiger charge is -2.30. The molecule has 3 rings (SSSR count). The molecule has 9 heteroatoms. The second-order valence-corrected chi connectivity index (χ2v) is 6.07. The van der Waals surface area contributed by atoms with Gasteiger partial charge in [0.1, 0.15) is 0 Å². The molecular formula is C12H12N2O6S. The van der Waals surface area contributed by atoms with Crippen LogP contribution in [0.2, 0.25) is 0 Å². The van der Waals surface area contributed by atoms with Gasteiger partial charge < -0.3 is 9.64 Å². The molecule has 0 spiro atoms. The Labute approximate surface area is 120 Å². The predicted octanol–water partition coefficient (Wildman–Crippen LogP) is 0.496. The third kappa shape index (κ3) is 1.88. The van der Waals surface area contributed by atoms with Crippen LogP contribution in [0.25, 0.3) is 0 Å². The van der Waals surface area contributed by atoms with E-state index in [4.69, 9.17) is 4.74 Å². The molecule has 8 nitrogen and oxygen atoms in total. The normalized spacial score (nSPS) is 24.0. The minimum absolute atomic E-state index is 0.00456. The number of ether oxygens (including phenoxy) is 1. The molecule has 0 aliphatic carbocycles. The van der Waals surface area contributed by atoms with E-state index >= 15 is 0 Å². The largest absolute Gasteiger partial charge is 0.467 e. The molecular weight excluding hydrogens is 300 g/mol. The number of esters is 1. The second-order valence-electron chi connectivity index (χ2n) is 4.78. The van der Waals surface area contributed by atoms with E-state index < -0.39 is 34.4 Å². The van der Waals surface area contributed by atoms with Crippen molar-refractivity contribution >= 4 is 22.3 Å². The van der Waals surface area contributed by atoms with E-state index in [0.717, 1.165) is 4.90 Å². The number of urea groups is 1. The number of carbonyl (C=O) groups is 2. The highest BCUT2D eigenvalue weighted by Crippen LogP contribution is 2.44. The summed E-state index contributed by atoms with van der Waals surface area (Å²) in [7, 11) is -3.52. The quantitative estimate of drug-likeness (QED) is 0.630. The van der Waals surface area contributed by atoms with Crippen molar-refractivity contribution in [3.05, 3.63) is 35.4 Å². The molecule has 0 saturated carbocycles. The molecule has 2 amide bonds. The number of hydrogen-bond donors (Lipinski definition) is 1. The Hall–Kier alpha value is -2.13. The van der Waals surface area contributed by atoms with Gasteiger partial charge in [0.2, 0.25) is 0 Å². The average Bonchev–Trinajstić information content (AvgIpc) is 2.73. The SMILES string of the molecule is COC(=O)[C@H]1c2ccccc2[C@H]2CN1C(=O)N2S(=O)(=O)O. The van der Waals surface area contributed by atoms with Gasteiger partial charge in [0.15, 0.2) is 6.04 Å². The Morgan fingerprint density at radius 3 is 2.52 bits per heavy atom. The van der Waals surface area contributed by atoms with Crippen molar-refractivity contribution in [3.63, 3.8) is 0 Å².